The minimum absolute atomic E-state index is 0.129. The van der Waals surface area contributed by atoms with E-state index in [1.807, 2.05) is 0 Å². The van der Waals surface area contributed by atoms with E-state index in [2.05, 4.69) is 10.6 Å². The number of benzene rings is 1. The maximum atomic E-state index is 12.3. The van der Waals surface area contributed by atoms with Crippen LogP contribution < -0.4 is 10.6 Å². The summed E-state index contributed by atoms with van der Waals surface area (Å²) in [5, 5.41) is 15.4. The van der Waals surface area contributed by atoms with Crippen LogP contribution in [-0.2, 0) is 9.53 Å². The monoisotopic (exact) mass is 250 g/mol. The maximum Gasteiger partial charge on any atom is 0.256 e. The second-order valence-corrected chi connectivity index (χ2v) is 4.45. The predicted octanol–water partition coefficient (Wildman–Crippen LogP) is 1.10. The number of piperidine rings is 1. The molecular formula is C13H18N2O3. The van der Waals surface area contributed by atoms with Crippen LogP contribution in [0.15, 0.2) is 24.3 Å². The number of amides is 1. The van der Waals surface area contributed by atoms with E-state index in [0.29, 0.717) is 18.5 Å². The van der Waals surface area contributed by atoms with Crippen LogP contribution in [0.5, 0.6) is 5.75 Å². The van der Waals surface area contributed by atoms with Crippen LogP contribution in [0.3, 0.4) is 0 Å². The Bertz CT molecular complexity index is 428. The molecule has 1 aliphatic rings. The van der Waals surface area contributed by atoms with Gasteiger partial charge in [0.25, 0.3) is 5.91 Å². The van der Waals surface area contributed by atoms with E-state index in [9.17, 15) is 9.90 Å². The van der Waals surface area contributed by atoms with Gasteiger partial charge < -0.3 is 20.5 Å². The fraction of sp³-hybridized carbons (Fsp3) is 0.462. The van der Waals surface area contributed by atoms with E-state index in [4.69, 9.17) is 4.74 Å². The molecule has 1 saturated heterocycles. The van der Waals surface area contributed by atoms with Crippen molar-refractivity contribution < 1.29 is 14.6 Å². The van der Waals surface area contributed by atoms with Gasteiger partial charge >= 0.3 is 0 Å². The van der Waals surface area contributed by atoms with Crippen LogP contribution in [0.1, 0.15) is 12.8 Å². The molecular weight excluding hydrogens is 232 g/mol. The number of ether oxygens (including phenoxy) is 1. The summed E-state index contributed by atoms with van der Waals surface area (Å²) in [6.07, 6.45) is 1.29. The number of hydrogen-bond donors (Lipinski definition) is 3. The van der Waals surface area contributed by atoms with Crippen molar-refractivity contribution in [2.45, 2.75) is 18.4 Å². The lowest BCUT2D eigenvalue weighted by molar-refractivity contribution is -0.140. The first kappa shape index (κ1) is 12.9. The van der Waals surface area contributed by atoms with E-state index in [1.165, 1.54) is 6.07 Å². The first-order valence-corrected chi connectivity index (χ1v) is 6.03. The van der Waals surface area contributed by atoms with Crippen molar-refractivity contribution in [2.75, 3.05) is 25.5 Å². The summed E-state index contributed by atoms with van der Waals surface area (Å²) in [6.45, 7) is 1.53. The first-order chi connectivity index (χ1) is 8.66. The highest BCUT2D eigenvalue weighted by Crippen LogP contribution is 2.25. The molecule has 1 amide bonds. The van der Waals surface area contributed by atoms with E-state index in [-0.39, 0.29) is 11.7 Å². The van der Waals surface area contributed by atoms with Crippen LogP contribution in [0, 0.1) is 0 Å². The van der Waals surface area contributed by atoms with Crippen molar-refractivity contribution in [3.8, 4) is 5.75 Å². The van der Waals surface area contributed by atoms with Gasteiger partial charge in [-0.25, -0.2) is 0 Å². The van der Waals surface area contributed by atoms with Gasteiger partial charge in [0.15, 0.2) is 0 Å². The molecule has 0 radical (unpaired) electrons. The second-order valence-electron chi connectivity index (χ2n) is 4.45. The summed E-state index contributed by atoms with van der Waals surface area (Å²) in [6, 6.07) is 6.50. The number of phenols is 1. The minimum atomic E-state index is -0.767. The van der Waals surface area contributed by atoms with Gasteiger partial charge in [0.2, 0.25) is 0 Å². The quantitative estimate of drug-likeness (QED) is 0.751. The maximum absolute atomic E-state index is 12.3. The fourth-order valence-electron chi connectivity index (χ4n) is 2.18. The number of nitrogens with one attached hydrogen (secondary N) is 2. The molecule has 0 spiro atoms. The third kappa shape index (κ3) is 2.63. The van der Waals surface area contributed by atoms with Crippen LogP contribution in [0.2, 0.25) is 0 Å². The highest BCUT2D eigenvalue weighted by atomic mass is 16.5. The van der Waals surface area contributed by atoms with Crippen LogP contribution in [0.25, 0.3) is 0 Å². The summed E-state index contributed by atoms with van der Waals surface area (Å²) < 4.78 is 5.43. The number of carbonyl (C=O) groups excluding carboxylic acids is 1. The number of methoxy groups -OCH3 is 1. The van der Waals surface area contributed by atoms with Crippen molar-refractivity contribution in [1.29, 1.82) is 0 Å². The SMILES string of the molecule is COC1(C(=O)Nc2cccc(O)c2)CCNCC1. The van der Waals surface area contributed by atoms with Crippen molar-refractivity contribution in [3.05, 3.63) is 24.3 Å². The Labute approximate surface area is 106 Å². The molecule has 1 aromatic carbocycles. The molecule has 1 fully saturated rings. The van der Waals surface area contributed by atoms with Crippen molar-refractivity contribution in [1.82, 2.24) is 5.32 Å². The molecule has 1 aliphatic heterocycles. The van der Waals surface area contributed by atoms with Crippen molar-refractivity contribution in [2.24, 2.45) is 0 Å². The molecule has 2 rings (SSSR count). The summed E-state index contributed by atoms with van der Waals surface area (Å²) >= 11 is 0. The molecule has 0 unspecified atom stereocenters. The fourth-order valence-corrected chi connectivity index (χ4v) is 2.18. The third-order valence-corrected chi connectivity index (χ3v) is 3.32. The molecule has 98 valence electrons. The van der Waals surface area contributed by atoms with Crippen LogP contribution in [-0.4, -0.2) is 36.8 Å². The van der Waals surface area contributed by atoms with Gasteiger partial charge in [-0.15, -0.1) is 0 Å². The first-order valence-electron chi connectivity index (χ1n) is 6.03. The average molecular weight is 250 g/mol. The number of anilines is 1. The van der Waals surface area contributed by atoms with Gasteiger partial charge in [-0.05, 0) is 38.1 Å². The van der Waals surface area contributed by atoms with Gasteiger partial charge in [0.1, 0.15) is 11.4 Å². The zero-order valence-corrected chi connectivity index (χ0v) is 10.4. The molecule has 18 heavy (non-hydrogen) atoms. The van der Waals surface area contributed by atoms with Gasteiger partial charge in [-0.3, -0.25) is 4.79 Å². The second kappa shape index (κ2) is 5.37. The Hall–Kier alpha value is -1.59. The highest BCUT2D eigenvalue weighted by Gasteiger charge is 2.39. The largest absolute Gasteiger partial charge is 0.508 e. The predicted molar refractivity (Wildman–Crippen MR) is 68.6 cm³/mol. The van der Waals surface area contributed by atoms with E-state index < -0.39 is 5.60 Å². The molecule has 1 heterocycles. The Balaban J connectivity index is 2.10. The number of hydrogen-bond acceptors (Lipinski definition) is 4. The molecule has 0 saturated carbocycles. The van der Waals surface area contributed by atoms with Crippen LogP contribution >= 0.6 is 0 Å². The Morgan fingerprint density at radius 3 is 2.78 bits per heavy atom. The molecule has 1 aromatic rings. The van der Waals surface area contributed by atoms with Gasteiger partial charge in [0.05, 0.1) is 0 Å². The lowest BCUT2D eigenvalue weighted by Crippen LogP contribution is -2.51. The minimum Gasteiger partial charge on any atom is -0.508 e. The lowest BCUT2D eigenvalue weighted by Gasteiger charge is -2.34. The number of aromatic hydroxyl groups is 1. The summed E-state index contributed by atoms with van der Waals surface area (Å²) in [5.74, 6) is -0.0262. The Kier molecular flexibility index (Phi) is 3.84. The van der Waals surface area contributed by atoms with E-state index in [1.54, 1.807) is 25.3 Å². The molecule has 5 nitrogen and oxygen atoms in total. The standard InChI is InChI=1S/C13H18N2O3/c1-18-13(5-7-14-8-6-13)12(17)15-10-3-2-4-11(16)9-10/h2-4,9,14,16H,5-8H2,1H3,(H,15,17). The average Bonchev–Trinajstić information content (AvgIpc) is 2.39. The normalized spacial score (nSPS) is 18.3. The van der Waals surface area contributed by atoms with Crippen molar-refractivity contribution >= 4 is 11.6 Å². The Morgan fingerprint density at radius 2 is 2.17 bits per heavy atom. The van der Waals surface area contributed by atoms with Crippen molar-refractivity contribution in [3.63, 3.8) is 0 Å². The van der Waals surface area contributed by atoms with Gasteiger partial charge in [-0.1, -0.05) is 6.07 Å². The Morgan fingerprint density at radius 1 is 1.44 bits per heavy atom. The zero-order valence-electron chi connectivity index (χ0n) is 10.4. The summed E-state index contributed by atoms with van der Waals surface area (Å²) in [7, 11) is 1.56. The highest BCUT2D eigenvalue weighted by molar-refractivity contribution is 5.97. The molecule has 3 N–H and O–H groups in total. The number of carbonyl (C=O) groups is 1. The zero-order chi connectivity index (χ0) is 13.0. The summed E-state index contributed by atoms with van der Waals surface area (Å²) in [5.41, 5.74) is -0.188. The molecule has 0 aliphatic carbocycles. The topological polar surface area (TPSA) is 70.6 Å². The van der Waals surface area contributed by atoms with Gasteiger partial charge in [-0.2, -0.15) is 0 Å². The smallest absolute Gasteiger partial charge is 0.256 e. The number of phenolic OH excluding ortho intramolecular Hbond substituents is 1. The molecule has 0 aromatic heterocycles. The third-order valence-electron chi connectivity index (χ3n) is 3.32. The molecule has 5 heteroatoms. The molecule has 0 atom stereocenters. The number of rotatable bonds is 3. The van der Waals surface area contributed by atoms with E-state index in [0.717, 1.165) is 13.1 Å². The van der Waals surface area contributed by atoms with Crippen LogP contribution in [0.4, 0.5) is 5.69 Å². The molecule has 0 bridgehead atoms. The summed E-state index contributed by atoms with van der Waals surface area (Å²) in [4.78, 5) is 12.3. The van der Waals surface area contributed by atoms with E-state index >= 15 is 0 Å². The van der Waals surface area contributed by atoms with Gasteiger partial charge in [0, 0.05) is 18.9 Å². The lowest BCUT2D eigenvalue weighted by atomic mass is 9.91.